The van der Waals surface area contributed by atoms with Crippen LogP contribution in [0.3, 0.4) is 0 Å². The van der Waals surface area contributed by atoms with Crippen molar-refractivity contribution < 1.29 is 14.3 Å². The van der Waals surface area contributed by atoms with Gasteiger partial charge in [-0.15, -0.1) is 0 Å². The fourth-order valence-electron chi connectivity index (χ4n) is 9.95. The number of benzene rings is 1. The third-order valence-electron chi connectivity index (χ3n) is 12.2. The molecule has 37 heavy (non-hydrogen) atoms. The summed E-state index contributed by atoms with van der Waals surface area (Å²) in [6.45, 7) is 11.7. The number of ether oxygens (including phenoxy) is 1. The second-order valence-electron chi connectivity index (χ2n) is 14.2. The van der Waals surface area contributed by atoms with Gasteiger partial charge in [0.05, 0.1) is 5.56 Å². The molecule has 0 bridgehead atoms. The Morgan fingerprint density at radius 1 is 0.892 bits per heavy atom. The lowest BCUT2D eigenvalue weighted by Crippen LogP contribution is -2.54. The summed E-state index contributed by atoms with van der Waals surface area (Å²) < 4.78 is 6.02. The third-order valence-corrected chi connectivity index (χ3v) is 12.2. The molecule has 9 atom stereocenters. The molecule has 5 rings (SSSR count). The molecule has 0 N–H and O–H groups in total. The van der Waals surface area contributed by atoms with Crippen LogP contribution in [-0.2, 0) is 9.53 Å². The number of Topliss-reactive ketones (excluding diaryl/α,β-unsaturated/α-hetero) is 1. The first kappa shape index (κ1) is 26.9. The highest BCUT2D eigenvalue weighted by molar-refractivity contribution is 5.89. The van der Waals surface area contributed by atoms with Gasteiger partial charge >= 0.3 is 5.97 Å². The molecular weight excluding hydrogens is 456 g/mol. The molecule has 204 valence electrons. The molecule has 0 amide bonds. The molecular formula is C34H50O3. The van der Waals surface area contributed by atoms with E-state index in [0.717, 1.165) is 49.4 Å². The molecule has 0 heterocycles. The van der Waals surface area contributed by atoms with Crippen molar-refractivity contribution in [1.82, 2.24) is 0 Å². The Morgan fingerprint density at radius 2 is 1.59 bits per heavy atom. The Labute approximate surface area is 225 Å². The summed E-state index contributed by atoms with van der Waals surface area (Å²) in [5.74, 6) is 5.09. The minimum absolute atomic E-state index is 0.0708. The maximum absolute atomic E-state index is 12.7. The summed E-state index contributed by atoms with van der Waals surface area (Å²) in [6.07, 6.45) is 13.3. The molecule has 1 aromatic rings. The zero-order valence-corrected chi connectivity index (χ0v) is 24.0. The zero-order chi connectivity index (χ0) is 26.4. The minimum atomic E-state index is -0.155. The van der Waals surface area contributed by atoms with Gasteiger partial charge in [-0.2, -0.15) is 0 Å². The van der Waals surface area contributed by atoms with Gasteiger partial charge in [-0.05, 0) is 123 Å². The van der Waals surface area contributed by atoms with Crippen LogP contribution < -0.4 is 0 Å². The Hall–Kier alpha value is -1.64. The van der Waals surface area contributed by atoms with Crippen LogP contribution in [0.5, 0.6) is 0 Å². The van der Waals surface area contributed by atoms with E-state index in [1.54, 1.807) is 0 Å². The third kappa shape index (κ3) is 4.94. The quantitative estimate of drug-likeness (QED) is 0.348. The zero-order valence-electron chi connectivity index (χ0n) is 24.0. The maximum atomic E-state index is 12.7. The number of rotatable bonds is 7. The molecule has 0 spiro atoms. The molecule has 1 aromatic carbocycles. The van der Waals surface area contributed by atoms with Gasteiger partial charge < -0.3 is 4.74 Å². The van der Waals surface area contributed by atoms with Crippen LogP contribution in [0.15, 0.2) is 30.3 Å². The van der Waals surface area contributed by atoms with Gasteiger partial charge in [-0.3, -0.25) is 4.79 Å². The van der Waals surface area contributed by atoms with Gasteiger partial charge in [0.1, 0.15) is 11.9 Å². The fraction of sp³-hybridized carbons (Fsp3) is 0.765. The number of ketones is 1. The molecule has 4 saturated carbocycles. The lowest BCUT2D eigenvalue weighted by Gasteiger charge is -2.61. The van der Waals surface area contributed by atoms with Gasteiger partial charge in [-0.1, -0.05) is 52.8 Å². The molecule has 0 saturated heterocycles. The van der Waals surface area contributed by atoms with E-state index in [-0.39, 0.29) is 18.0 Å². The average Bonchev–Trinajstić information content (AvgIpc) is 3.25. The van der Waals surface area contributed by atoms with Crippen LogP contribution in [0, 0.1) is 52.3 Å². The molecule has 0 radical (unpaired) electrons. The summed E-state index contributed by atoms with van der Waals surface area (Å²) in [5, 5.41) is 0. The molecule has 0 aliphatic heterocycles. The summed E-state index contributed by atoms with van der Waals surface area (Å²) >= 11 is 0. The molecule has 2 unspecified atom stereocenters. The molecule has 4 aliphatic rings. The van der Waals surface area contributed by atoms with Crippen molar-refractivity contribution in [2.45, 2.75) is 111 Å². The first-order chi connectivity index (χ1) is 17.6. The van der Waals surface area contributed by atoms with Gasteiger partial charge in [0, 0.05) is 12.3 Å². The SMILES string of the molecule is CC(C)C(=O)CC[C@@H](C)[C@H]1CC[C@H]2[C@@H]3CCC4CC(OC(=O)c5ccccc5)CC[C@]4(C)[C@H]3CC[C@]12C. The number of hydrogen-bond acceptors (Lipinski definition) is 3. The summed E-state index contributed by atoms with van der Waals surface area (Å²) in [4.78, 5) is 25.0. The van der Waals surface area contributed by atoms with Crippen LogP contribution in [0.4, 0.5) is 0 Å². The highest BCUT2D eigenvalue weighted by atomic mass is 16.5. The van der Waals surface area contributed by atoms with Crippen LogP contribution in [0.2, 0.25) is 0 Å². The van der Waals surface area contributed by atoms with E-state index in [4.69, 9.17) is 4.74 Å². The van der Waals surface area contributed by atoms with Gasteiger partial charge in [0.25, 0.3) is 0 Å². The lowest BCUT2D eigenvalue weighted by molar-refractivity contribution is -0.131. The topological polar surface area (TPSA) is 43.4 Å². The Morgan fingerprint density at radius 3 is 2.32 bits per heavy atom. The van der Waals surface area contributed by atoms with Crippen molar-refractivity contribution in [2.75, 3.05) is 0 Å². The monoisotopic (exact) mass is 506 g/mol. The number of carbonyl (C=O) groups excluding carboxylic acids is 2. The van der Waals surface area contributed by atoms with E-state index in [2.05, 4.69) is 20.8 Å². The van der Waals surface area contributed by atoms with Gasteiger partial charge in [-0.25, -0.2) is 4.79 Å². The maximum Gasteiger partial charge on any atom is 0.338 e. The van der Waals surface area contributed by atoms with Crippen molar-refractivity contribution in [1.29, 1.82) is 0 Å². The lowest BCUT2D eigenvalue weighted by atomic mass is 9.44. The second kappa shape index (κ2) is 10.5. The predicted molar refractivity (Wildman–Crippen MR) is 149 cm³/mol. The smallest absolute Gasteiger partial charge is 0.338 e. The van der Waals surface area contributed by atoms with Crippen molar-refractivity contribution in [3.05, 3.63) is 35.9 Å². The van der Waals surface area contributed by atoms with E-state index < -0.39 is 0 Å². The van der Waals surface area contributed by atoms with Crippen molar-refractivity contribution >= 4 is 11.8 Å². The first-order valence-electron chi connectivity index (χ1n) is 15.4. The van der Waals surface area contributed by atoms with E-state index in [9.17, 15) is 9.59 Å². The van der Waals surface area contributed by atoms with Crippen LogP contribution in [-0.4, -0.2) is 17.9 Å². The largest absolute Gasteiger partial charge is 0.459 e. The highest BCUT2D eigenvalue weighted by Gasteiger charge is 2.60. The van der Waals surface area contributed by atoms with Crippen molar-refractivity contribution in [3.63, 3.8) is 0 Å². The number of carbonyl (C=O) groups is 2. The predicted octanol–water partition coefficient (Wildman–Crippen LogP) is 8.51. The van der Waals surface area contributed by atoms with Crippen LogP contribution in [0.25, 0.3) is 0 Å². The van der Waals surface area contributed by atoms with Crippen molar-refractivity contribution in [2.24, 2.45) is 52.3 Å². The minimum Gasteiger partial charge on any atom is -0.459 e. The standard InChI is InChI=1S/C34H50O3/c1-22(2)31(35)16-11-23(3)28-14-15-29-27-13-12-25-21-26(37-32(36)24-9-7-6-8-10-24)17-19-33(25,4)30(27)18-20-34(28,29)5/h6-10,22-23,25-30H,11-21H2,1-5H3/t23-,25?,26?,27+,28-,29+,30+,33+,34-/m1/s1. The molecule has 4 aliphatic carbocycles. The Bertz CT molecular complexity index is 969. The van der Waals surface area contributed by atoms with Gasteiger partial charge in [0.2, 0.25) is 0 Å². The molecule has 0 aromatic heterocycles. The summed E-state index contributed by atoms with van der Waals surface area (Å²) in [7, 11) is 0. The summed E-state index contributed by atoms with van der Waals surface area (Å²) in [6, 6.07) is 9.48. The van der Waals surface area contributed by atoms with Gasteiger partial charge in [0.15, 0.2) is 0 Å². The molecule has 3 nitrogen and oxygen atoms in total. The Kier molecular flexibility index (Phi) is 7.64. The van der Waals surface area contributed by atoms with E-state index in [1.807, 2.05) is 44.2 Å². The van der Waals surface area contributed by atoms with Crippen molar-refractivity contribution in [3.8, 4) is 0 Å². The van der Waals surface area contributed by atoms with Crippen LogP contribution >= 0.6 is 0 Å². The highest BCUT2D eigenvalue weighted by Crippen LogP contribution is 2.68. The van der Waals surface area contributed by atoms with E-state index in [1.165, 1.54) is 44.9 Å². The normalized spacial score (nSPS) is 39.8. The first-order valence-corrected chi connectivity index (χ1v) is 15.4. The van der Waals surface area contributed by atoms with Crippen LogP contribution in [0.1, 0.15) is 116 Å². The van der Waals surface area contributed by atoms with E-state index >= 15 is 0 Å². The number of fused-ring (bicyclic) bond motifs is 5. The fourth-order valence-corrected chi connectivity index (χ4v) is 9.95. The second-order valence-corrected chi connectivity index (χ2v) is 14.2. The number of hydrogen-bond donors (Lipinski definition) is 0. The Balaban J connectivity index is 1.22. The molecule has 4 fully saturated rings. The summed E-state index contributed by atoms with van der Waals surface area (Å²) in [5.41, 5.74) is 1.52. The van der Waals surface area contributed by atoms with E-state index in [0.29, 0.717) is 34.0 Å². The molecule has 3 heteroatoms. The number of esters is 1. The average molecular weight is 507 g/mol.